The first-order chi connectivity index (χ1) is 11.4. The summed E-state index contributed by atoms with van der Waals surface area (Å²) in [5.41, 5.74) is 0.706. The lowest BCUT2D eigenvalue weighted by Gasteiger charge is -2.34. The zero-order chi connectivity index (χ0) is 17.3. The summed E-state index contributed by atoms with van der Waals surface area (Å²) in [5, 5.41) is 19.0. The molecule has 1 aromatic heterocycles. The number of benzene rings is 1. The Morgan fingerprint density at radius 2 is 1.83 bits per heavy atom. The van der Waals surface area contributed by atoms with Crippen LogP contribution in [0.2, 0.25) is 0 Å². The molecule has 1 unspecified atom stereocenters. The van der Waals surface area contributed by atoms with E-state index in [2.05, 4.69) is 31.0 Å². The van der Waals surface area contributed by atoms with E-state index in [-0.39, 0.29) is 23.9 Å². The number of morpholine rings is 1. The predicted octanol–water partition coefficient (Wildman–Crippen LogP) is 1.40. The van der Waals surface area contributed by atoms with E-state index in [1.54, 1.807) is 12.1 Å². The minimum atomic E-state index is -0.435. The molecule has 24 heavy (non-hydrogen) atoms. The van der Waals surface area contributed by atoms with Gasteiger partial charge in [0.05, 0.1) is 4.92 Å². The molecule has 1 N–H and O–H groups in total. The molecule has 8 heteroatoms. The zero-order valence-corrected chi connectivity index (χ0v) is 13.9. The monoisotopic (exact) mass is 333 g/mol. The first kappa shape index (κ1) is 16.5. The lowest BCUT2D eigenvalue weighted by Crippen LogP contribution is -3.15. The van der Waals surface area contributed by atoms with E-state index in [0.29, 0.717) is 17.3 Å². The molecule has 0 radical (unpaired) electrons. The topological polar surface area (TPSA) is 95.7 Å². The molecule has 0 spiro atoms. The third-order valence-corrected chi connectivity index (χ3v) is 4.31. The van der Waals surface area contributed by atoms with Crippen LogP contribution < -0.4 is 4.90 Å². The van der Waals surface area contributed by atoms with Crippen LogP contribution in [0.3, 0.4) is 0 Å². The van der Waals surface area contributed by atoms with Crippen molar-refractivity contribution in [1.29, 1.82) is 0 Å². The molecule has 2 heterocycles. The maximum absolute atomic E-state index is 10.7. The van der Waals surface area contributed by atoms with Crippen LogP contribution in [0.1, 0.15) is 32.7 Å². The number of hydrogen-bond acceptors (Lipinski definition) is 6. The molecular weight excluding hydrogens is 312 g/mol. The van der Waals surface area contributed by atoms with Gasteiger partial charge in [0.15, 0.2) is 6.04 Å². The summed E-state index contributed by atoms with van der Waals surface area (Å²) < 4.78 is 11.6. The van der Waals surface area contributed by atoms with E-state index < -0.39 is 4.92 Å². The van der Waals surface area contributed by atoms with Crippen molar-refractivity contribution in [2.45, 2.75) is 39.0 Å². The summed E-state index contributed by atoms with van der Waals surface area (Å²) in [6.07, 6.45) is 0.395. The largest absolute Gasteiger partial charge is 0.415 e. The second kappa shape index (κ2) is 6.66. The van der Waals surface area contributed by atoms with E-state index in [1.807, 2.05) is 0 Å². The Hall–Kier alpha value is -2.32. The standard InChI is InChI=1S/C16H20N4O4/c1-10-8-19(9-11(2)23-10)12(3)15-17-18-16(24-15)13-4-6-14(7-5-13)20(21)22/h4-7,10-12H,8-9H2,1-3H3/p+1/t10-,11+,12-/m0/s1. The van der Waals surface area contributed by atoms with Crippen LogP contribution in [0.25, 0.3) is 11.5 Å². The summed E-state index contributed by atoms with van der Waals surface area (Å²) in [6.45, 7) is 7.98. The quantitative estimate of drug-likeness (QED) is 0.671. The van der Waals surface area contributed by atoms with E-state index in [1.165, 1.54) is 17.0 Å². The fraction of sp³-hybridized carbons (Fsp3) is 0.500. The summed E-state index contributed by atoms with van der Waals surface area (Å²) >= 11 is 0. The maximum atomic E-state index is 10.7. The lowest BCUT2D eigenvalue weighted by molar-refractivity contribution is -0.944. The highest BCUT2D eigenvalue weighted by Crippen LogP contribution is 2.22. The molecule has 0 bridgehead atoms. The van der Waals surface area contributed by atoms with Crippen LogP contribution in [0.4, 0.5) is 5.69 Å². The van der Waals surface area contributed by atoms with E-state index in [0.717, 1.165) is 13.1 Å². The summed E-state index contributed by atoms with van der Waals surface area (Å²) in [4.78, 5) is 11.6. The Balaban J connectivity index is 1.76. The number of aromatic nitrogens is 2. The van der Waals surface area contributed by atoms with Crippen LogP contribution in [-0.4, -0.2) is 40.4 Å². The van der Waals surface area contributed by atoms with Crippen molar-refractivity contribution >= 4 is 5.69 Å². The van der Waals surface area contributed by atoms with Gasteiger partial charge in [-0.1, -0.05) is 0 Å². The van der Waals surface area contributed by atoms with Gasteiger partial charge in [-0.3, -0.25) is 10.1 Å². The van der Waals surface area contributed by atoms with Gasteiger partial charge in [0, 0.05) is 17.7 Å². The molecule has 1 saturated heterocycles. The fourth-order valence-electron chi connectivity index (χ4n) is 3.09. The highest BCUT2D eigenvalue weighted by molar-refractivity contribution is 5.55. The Labute approximate surface area is 139 Å². The van der Waals surface area contributed by atoms with Gasteiger partial charge in [-0.25, -0.2) is 0 Å². The number of rotatable bonds is 4. The number of nitrogens with one attached hydrogen (secondary N) is 1. The van der Waals surface area contributed by atoms with Crippen LogP contribution in [-0.2, 0) is 4.74 Å². The molecule has 0 aliphatic carbocycles. The Bertz CT molecular complexity index is 705. The lowest BCUT2D eigenvalue weighted by atomic mass is 10.2. The molecule has 0 amide bonds. The number of quaternary nitrogens is 1. The highest BCUT2D eigenvalue weighted by Gasteiger charge is 2.32. The minimum Gasteiger partial charge on any atom is -0.415 e. The summed E-state index contributed by atoms with van der Waals surface area (Å²) in [6, 6.07) is 6.16. The zero-order valence-electron chi connectivity index (χ0n) is 13.9. The molecule has 2 aromatic rings. The third kappa shape index (κ3) is 3.44. The van der Waals surface area contributed by atoms with Gasteiger partial charge < -0.3 is 14.1 Å². The summed E-state index contributed by atoms with van der Waals surface area (Å²) in [5.74, 6) is 0.945. The second-order valence-electron chi connectivity index (χ2n) is 6.29. The fourth-order valence-corrected chi connectivity index (χ4v) is 3.09. The molecule has 8 nitrogen and oxygen atoms in total. The minimum absolute atomic E-state index is 0.0348. The number of non-ortho nitro benzene ring substituents is 1. The molecule has 0 saturated carbocycles. The number of nitrogens with zero attached hydrogens (tertiary/aromatic N) is 3. The molecule has 4 atom stereocenters. The third-order valence-electron chi connectivity index (χ3n) is 4.31. The highest BCUT2D eigenvalue weighted by atomic mass is 16.6. The Kier molecular flexibility index (Phi) is 4.59. The Morgan fingerprint density at radius 3 is 2.42 bits per heavy atom. The maximum Gasteiger partial charge on any atom is 0.274 e. The normalized spacial score (nSPS) is 25.4. The summed E-state index contributed by atoms with van der Waals surface area (Å²) in [7, 11) is 0. The SMILES string of the molecule is C[C@@H]1C[NH+]([C@@H](C)c2nnc(-c3ccc([N+](=O)[O-])cc3)o2)C[C@H](C)O1. The molecule has 3 rings (SSSR count). The van der Waals surface area contributed by atoms with Crippen molar-refractivity contribution in [1.82, 2.24) is 10.2 Å². The van der Waals surface area contributed by atoms with Crippen molar-refractivity contribution in [3.05, 3.63) is 40.3 Å². The van der Waals surface area contributed by atoms with Crippen LogP contribution in [0.5, 0.6) is 0 Å². The Morgan fingerprint density at radius 1 is 1.21 bits per heavy atom. The molecular formula is C16H21N4O4+. The van der Waals surface area contributed by atoms with Crippen LogP contribution in [0, 0.1) is 10.1 Å². The van der Waals surface area contributed by atoms with Gasteiger partial charge >= 0.3 is 0 Å². The van der Waals surface area contributed by atoms with Gasteiger partial charge in [0.25, 0.3) is 11.6 Å². The molecule has 1 aromatic carbocycles. The van der Waals surface area contributed by atoms with Gasteiger partial charge in [-0.15, -0.1) is 10.2 Å². The van der Waals surface area contributed by atoms with Gasteiger partial charge in [-0.2, -0.15) is 0 Å². The number of hydrogen-bond donors (Lipinski definition) is 1. The van der Waals surface area contributed by atoms with Crippen LogP contribution in [0.15, 0.2) is 28.7 Å². The van der Waals surface area contributed by atoms with E-state index in [4.69, 9.17) is 9.15 Å². The van der Waals surface area contributed by atoms with Gasteiger partial charge in [-0.05, 0) is 32.9 Å². The average molecular weight is 333 g/mol. The smallest absolute Gasteiger partial charge is 0.274 e. The van der Waals surface area contributed by atoms with Gasteiger partial charge in [0.1, 0.15) is 25.3 Å². The molecule has 1 aliphatic rings. The van der Waals surface area contributed by atoms with E-state index in [9.17, 15) is 10.1 Å². The second-order valence-corrected chi connectivity index (χ2v) is 6.29. The van der Waals surface area contributed by atoms with Crippen molar-refractivity contribution in [3.63, 3.8) is 0 Å². The number of nitro benzene ring substituents is 1. The number of ether oxygens (including phenoxy) is 1. The predicted molar refractivity (Wildman–Crippen MR) is 85.5 cm³/mol. The van der Waals surface area contributed by atoms with Crippen molar-refractivity contribution in [2.75, 3.05) is 13.1 Å². The van der Waals surface area contributed by atoms with Crippen LogP contribution >= 0.6 is 0 Å². The van der Waals surface area contributed by atoms with Crippen molar-refractivity contribution in [2.24, 2.45) is 0 Å². The average Bonchev–Trinajstić information content (AvgIpc) is 3.03. The van der Waals surface area contributed by atoms with Crippen molar-refractivity contribution < 1.29 is 19.0 Å². The molecule has 1 aliphatic heterocycles. The molecule has 128 valence electrons. The van der Waals surface area contributed by atoms with Crippen molar-refractivity contribution in [3.8, 4) is 11.5 Å². The molecule has 1 fully saturated rings. The van der Waals surface area contributed by atoms with Gasteiger partial charge in [0.2, 0.25) is 5.89 Å². The first-order valence-electron chi connectivity index (χ1n) is 8.02. The van der Waals surface area contributed by atoms with E-state index >= 15 is 0 Å². The first-order valence-corrected chi connectivity index (χ1v) is 8.02. The number of nitro groups is 1.